The summed E-state index contributed by atoms with van der Waals surface area (Å²) in [5, 5.41) is 12.0. The first-order valence-corrected chi connectivity index (χ1v) is 3.15. The van der Waals surface area contributed by atoms with Crippen LogP contribution in [0.1, 0.15) is 27.7 Å². The van der Waals surface area contributed by atoms with E-state index >= 15 is 0 Å². The highest BCUT2D eigenvalue weighted by Gasteiger charge is 1.95. The Kier molecular flexibility index (Phi) is 11.1. The van der Waals surface area contributed by atoms with Crippen LogP contribution in [0.15, 0.2) is 0 Å². The third kappa shape index (κ3) is 15.7. The summed E-state index contributed by atoms with van der Waals surface area (Å²) < 4.78 is 0. The minimum atomic E-state index is 0.164. The highest BCUT2D eigenvalue weighted by atomic mass is 17.2. The molecule has 0 aromatic rings. The summed E-state index contributed by atoms with van der Waals surface area (Å²) in [7, 11) is 0. The van der Waals surface area contributed by atoms with Crippen molar-refractivity contribution < 1.29 is 20.3 Å². The lowest BCUT2D eigenvalue weighted by molar-refractivity contribution is -0.337. The number of hydrogen-bond donors (Lipinski definition) is 2. The van der Waals surface area contributed by atoms with Gasteiger partial charge < -0.3 is 0 Å². The summed E-state index contributed by atoms with van der Waals surface area (Å²) in [4.78, 5) is 9.61. The Hall–Kier alpha value is -0.160. The summed E-state index contributed by atoms with van der Waals surface area (Å²) in [6.07, 6.45) is 0.329. The maximum absolute atomic E-state index is 6.00. The predicted octanol–water partition coefficient (Wildman–Crippen LogP) is 1.77. The molecule has 0 aliphatic carbocycles. The van der Waals surface area contributed by atoms with Crippen LogP contribution in [0.2, 0.25) is 0 Å². The standard InChI is InChI=1S/C6H14O2.H2O2/c1-5(2)7-8-6(3)4;1-2/h5-6H,1-4H3;1-2H. The maximum atomic E-state index is 6.00. The molecule has 64 valence electrons. The van der Waals surface area contributed by atoms with Crippen LogP contribution in [0.4, 0.5) is 0 Å². The average molecular weight is 152 g/mol. The molecule has 4 nitrogen and oxygen atoms in total. The first-order chi connectivity index (χ1) is 4.63. The zero-order valence-electron chi connectivity index (χ0n) is 6.87. The van der Waals surface area contributed by atoms with E-state index < -0.39 is 0 Å². The van der Waals surface area contributed by atoms with Crippen LogP contribution in [0.5, 0.6) is 0 Å². The lowest BCUT2D eigenvalue weighted by atomic mass is 10.5. The van der Waals surface area contributed by atoms with Gasteiger partial charge in [0.15, 0.2) is 0 Å². The SMILES string of the molecule is CC(C)OOC(C)C.OO. The molecule has 0 aliphatic rings. The van der Waals surface area contributed by atoms with Gasteiger partial charge in [-0.2, -0.15) is 0 Å². The molecule has 0 aliphatic heterocycles. The Bertz CT molecular complexity index is 45.7. The molecule has 10 heavy (non-hydrogen) atoms. The number of hydrogen-bond acceptors (Lipinski definition) is 4. The largest absolute Gasteiger partial charge is 0.255 e. The van der Waals surface area contributed by atoms with Crippen molar-refractivity contribution in [1.29, 1.82) is 0 Å². The van der Waals surface area contributed by atoms with Crippen molar-refractivity contribution >= 4 is 0 Å². The molecule has 0 bridgehead atoms. The van der Waals surface area contributed by atoms with Crippen LogP contribution in [0.25, 0.3) is 0 Å². The Morgan fingerprint density at radius 1 is 0.800 bits per heavy atom. The van der Waals surface area contributed by atoms with Gasteiger partial charge in [-0.25, -0.2) is 9.78 Å². The Balaban J connectivity index is 0. The molecule has 0 fully saturated rings. The molecule has 0 unspecified atom stereocenters. The molecule has 4 heteroatoms. The summed E-state index contributed by atoms with van der Waals surface area (Å²) in [6.45, 7) is 7.73. The van der Waals surface area contributed by atoms with Gasteiger partial charge in [0.1, 0.15) is 0 Å². The van der Waals surface area contributed by atoms with E-state index in [4.69, 9.17) is 20.3 Å². The van der Waals surface area contributed by atoms with Crippen molar-refractivity contribution in [2.24, 2.45) is 0 Å². The number of rotatable bonds is 3. The Morgan fingerprint density at radius 2 is 1.00 bits per heavy atom. The minimum absolute atomic E-state index is 0.164. The maximum Gasteiger partial charge on any atom is 0.0874 e. The Labute approximate surface area is 61.2 Å². The van der Waals surface area contributed by atoms with E-state index in [0.717, 1.165) is 0 Å². The fraction of sp³-hybridized carbons (Fsp3) is 1.00. The van der Waals surface area contributed by atoms with Crippen molar-refractivity contribution in [3.63, 3.8) is 0 Å². The van der Waals surface area contributed by atoms with Gasteiger partial charge >= 0.3 is 0 Å². The van der Waals surface area contributed by atoms with Crippen LogP contribution >= 0.6 is 0 Å². The highest BCUT2D eigenvalue weighted by molar-refractivity contribution is 4.30. The van der Waals surface area contributed by atoms with Gasteiger partial charge in [-0.15, -0.1) is 0 Å². The summed E-state index contributed by atoms with van der Waals surface area (Å²) in [5.74, 6) is 0. The van der Waals surface area contributed by atoms with Gasteiger partial charge in [-0.3, -0.25) is 10.5 Å². The second-order valence-corrected chi connectivity index (χ2v) is 2.29. The summed E-state index contributed by atoms with van der Waals surface area (Å²) in [5.41, 5.74) is 0. The molecule has 0 heterocycles. The van der Waals surface area contributed by atoms with Gasteiger partial charge in [0, 0.05) is 0 Å². The molecule has 0 atom stereocenters. The third-order valence-electron chi connectivity index (χ3n) is 0.440. The molecule has 0 radical (unpaired) electrons. The van der Waals surface area contributed by atoms with Crippen LogP contribution in [0, 0.1) is 0 Å². The normalized spacial score (nSPS) is 9.60. The molecular weight excluding hydrogens is 136 g/mol. The lowest BCUT2D eigenvalue weighted by Crippen LogP contribution is -2.08. The van der Waals surface area contributed by atoms with E-state index in [1.54, 1.807) is 0 Å². The van der Waals surface area contributed by atoms with E-state index in [1.165, 1.54) is 0 Å². The zero-order chi connectivity index (χ0) is 8.57. The lowest BCUT2D eigenvalue weighted by Gasteiger charge is -2.08. The van der Waals surface area contributed by atoms with E-state index in [2.05, 4.69) is 0 Å². The molecular formula is C6H16O4. The molecule has 0 saturated carbocycles. The van der Waals surface area contributed by atoms with E-state index in [-0.39, 0.29) is 12.2 Å². The molecule has 0 rings (SSSR count). The van der Waals surface area contributed by atoms with Crippen molar-refractivity contribution in [3.8, 4) is 0 Å². The molecule has 2 N–H and O–H groups in total. The molecule has 0 aromatic carbocycles. The van der Waals surface area contributed by atoms with E-state index in [1.807, 2.05) is 27.7 Å². The second kappa shape index (κ2) is 8.84. The average Bonchev–Trinajstić information content (AvgIpc) is 1.89. The first kappa shape index (κ1) is 12.5. The topological polar surface area (TPSA) is 58.9 Å². The van der Waals surface area contributed by atoms with Crippen LogP contribution in [0.3, 0.4) is 0 Å². The fourth-order valence-corrected chi connectivity index (χ4v) is 0.222. The summed E-state index contributed by atoms with van der Waals surface area (Å²) in [6, 6.07) is 0. The van der Waals surface area contributed by atoms with Crippen molar-refractivity contribution in [2.45, 2.75) is 39.9 Å². The fourth-order valence-electron chi connectivity index (χ4n) is 0.222. The van der Waals surface area contributed by atoms with Crippen LogP contribution < -0.4 is 0 Å². The molecule has 0 amide bonds. The first-order valence-electron chi connectivity index (χ1n) is 3.15. The van der Waals surface area contributed by atoms with Crippen molar-refractivity contribution in [2.75, 3.05) is 0 Å². The smallest absolute Gasteiger partial charge is 0.0874 e. The van der Waals surface area contributed by atoms with Gasteiger partial charge in [0.05, 0.1) is 12.2 Å². The van der Waals surface area contributed by atoms with Crippen LogP contribution in [-0.2, 0) is 9.78 Å². The highest BCUT2D eigenvalue weighted by Crippen LogP contribution is 1.93. The molecule has 0 aromatic heterocycles. The monoisotopic (exact) mass is 152 g/mol. The van der Waals surface area contributed by atoms with E-state index in [9.17, 15) is 0 Å². The van der Waals surface area contributed by atoms with Gasteiger partial charge in [0.25, 0.3) is 0 Å². The van der Waals surface area contributed by atoms with Crippen molar-refractivity contribution in [1.82, 2.24) is 0 Å². The van der Waals surface area contributed by atoms with Crippen LogP contribution in [-0.4, -0.2) is 22.7 Å². The molecule has 0 saturated heterocycles. The zero-order valence-corrected chi connectivity index (χ0v) is 6.87. The predicted molar refractivity (Wildman–Crippen MR) is 37.7 cm³/mol. The quantitative estimate of drug-likeness (QED) is 0.478. The van der Waals surface area contributed by atoms with Gasteiger partial charge in [0.2, 0.25) is 0 Å². The third-order valence-corrected chi connectivity index (χ3v) is 0.440. The minimum Gasteiger partial charge on any atom is -0.255 e. The second-order valence-electron chi connectivity index (χ2n) is 2.29. The Morgan fingerprint density at radius 3 is 1.10 bits per heavy atom. The van der Waals surface area contributed by atoms with Gasteiger partial charge in [-0.1, -0.05) is 0 Å². The summed E-state index contributed by atoms with van der Waals surface area (Å²) >= 11 is 0. The van der Waals surface area contributed by atoms with Gasteiger partial charge in [-0.05, 0) is 27.7 Å². The van der Waals surface area contributed by atoms with Crippen molar-refractivity contribution in [3.05, 3.63) is 0 Å². The van der Waals surface area contributed by atoms with E-state index in [0.29, 0.717) is 0 Å². The molecule has 0 spiro atoms.